The number of carboxylic acids is 1. The molecular formula is C25H37N3O8S. The first kappa shape index (κ1) is 27.6. The molecule has 3 atom stereocenters. The first-order chi connectivity index (χ1) is 17.7. The van der Waals surface area contributed by atoms with Crippen LogP contribution >= 0.6 is 0 Å². The Balaban J connectivity index is 1.59. The summed E-state index contributed by atoms with van der Waals surface area (Å²) in [5.74, 6) is -1.14. The SMILES string of the molecule is CCCON(CCC)C(=O)CN1C[C@H](c2ccc3c(c2)OCO3)[C@@H](C(=O)O)C1CCN1CCCS1(=O)=O. The van der Waals surface area contributed by atoms with Gasteiger partial charge in [0.25, 0.3) is 5.91 Å². The predicted octanol–water partition coefficient (Wildman–Crippen LogP) is 1.89. The molecule has 3 aliphatic heterocycles. The second kappa shape index (κ2) is 12.0. The van der Waals surface area contributed by atoms with Crippen LogP contribution in [0.1, 0.15) is 51.0 Å². The predicted molar refractivity (Wildman–Crippen MR) is 135 cm³/mol. The van der Waals surface area contributed by atoms with E-state index in [9.17, 15) is 23.1 Å². The molecule has 0 aliphatic carbocycles. The Morgan fingerprint density at radius 1 is 1.19 bits per heavy atom. The van der Waals surface area contributed by atoms with Crippen molar-refractivity contribution in [1.29, 1.82) is 0 Å². The average molecular weight is 540 g/mol. The maximum Gasteiger partial charge on any atom is 0.308 e. The van der Waals surface area contributed by atoms with E-state index in [0.29, 0.717) is 50.6 Å². The van der Waals surface area contributed by atoms with E-state index in [2.05, 4.69) is 0 Å². The summed E-state index contributed by atoms with van der Waals surface area (Å²) in [7, 11) is -3.32. The lowest BCUT2D eigenvalue weighted by Gasteiger charge is -2.30. The number of benzene rings is 1. The molecule has 1 aromatic rings. The average Bonchev–Trinajstić information content (AvgIpc) is 3.56. The van der Waals surface area contributed by atoms with Gasteiger partial charge in [0, 0.05) is 38.1 Å². The number of carbonyl (C=O) groups is 2. The number of carboxylic acid groups (broad SMARTS) is 1. The molecule has 0 bridgehead atoms. The highest BCUT2D eigenvalue weighted by molar-refractivity contribution is 7.89. The second-order valence-electron chi connectivity index (χ2n) is 9.77. The van der Waals surface area contributed by atoms with Crippen molar-refractivity contribution in [2.24, 2.45) is 5.92 Å². The van der Waals surface area contributed by atoms with Crippen molar-refractivity contribution in [1.82, 2.24) is 14.3 Å². The Labute approximate surface area is 218 Å². The van der Waals surface area contributed by atoms with Crippen molar-refractivity contribution in [2.45, 2.75) is 51.5 Å². The third-order valence-electron chi connectivity index (χ3n) is 7.23. The first-order valence-corrected chi connectivity index (χ1v) is 14.6. The van der Waals surface area contributed by atoms with Crippen LogP contribution < -0.4 is 9.47 Å². The quantitative estimate of drug-likeness (QED) is 0.396. The molecule has 3 aliphatic rings. The molecule has 0 aromatic heterocycles. The summed E-state index contributed by atoms with van der Waals surface area (Å²) >= 11 is 0. The Hall–Kier alpha value is -2.41. The van der Waals surface area contributed by atoms with Crippen LogP contribution in [0.15, 0.2) is 18.2 Å². The van der Waals surface area contributed by atoms with Gasteiger partial charge < -0.3 is 14.6 Å². The molecule has 1 N–H and O–H groups in total. The first-order valence-electron chi connectivity index (χ1n) is 13.0. The number of hydroxylamine groups is 2. The van der Waals surface area contributed by atoms with Crippen molar-refractivity contribution in [3.63, 3.8) is 0 Å². The maximum absolute atomic E-state index is 13.2. The molecule has 2 saturated heterocycles. The highest BCUT2D eigenvalue weighted by Gasteiger charge is 2.48. The van der Waals surface area contributed by atoms with Crippen LogP contribution in [0.25, 0.3) is 0 Å². The smallest absolute Gasteiger partial charge is 0.308 e. The van der Waals surface area contributed by atoms with E-state index in [-0.39, 0.29) is 31.5 Å². The highest BCUT2D eigenvalue weighted by atomic mass is 32.2. The minimum atomic E-state index is -3.32. The van der Waals surface area contributed by atoms with E-state index in [4.69, 9.17) is 14.3 Å². The van der Waals surface area contributed by atoms with Gasteiger partial charge in [-0.05, 0) is 43.4 Å². The zero-order valence-corrected chi connectivity index (χ0v) is 22.3. The van der Waals surface area contributed by atoms with Crippen LogP contribution in [0.5, 0.6) is 11.5 Å². The van der Waals surface area contributed by atoms with Crippen LogP contribution in [0, 0.1) is 5.92 Å². The van der Waals surface area contributed by atoms with Gasteiger partial charge >= 0.3 is 5.97 Å². The Bertz CT molecular complexity index is 1080. The second-order valence-corrected chi connectivity index (χ2v) is 11.9. The summed E-state index contributed by atoms with van der Waals surface area (Å²) in [6, 6.07) is 4.90. The number of hydrogen-bond acceptors (Lipinski definition) is 8. The van der Waals surface area contributed by atoms with Gasteiger partial charge in [0.2, 0.25) is 16.8 Å². The molecule has 1 amide bonds. The molecule has 1 unspecified atom stereocenters. The number of amides is 1. The molecular weight excluding hydrogens is 502 g/mol. The van der Waals surface area contributed by atoms with E-state index in [1.807, 2.05) is 30.9 Å². The van der Waals surface area contributed by atoms with E-state index in [0.717, 1.165) is 18.4 Å². The maximum atomic E-state index is 13.2. The van der Waals surface area contributed by atoms with Gasteiger partial charge in [-0.25, -0.2) is 17.8 Å². The minimum Gasteiger partial charge on any atom is -0.481 e. The van der Waals surface area contributed by atoms with Gasteiger partial charge in [0.05, 0.1) is 24.8 Å². The molecule has 2 fully saturated rings. The summed E-state index contributed by atoms with van der Waals surface area (Å²) in [5, 5.41) is 11.7. The van der Waals surface area contributed by atoms with Gasteiger partial charge in [0.15, 0.2) is 11.5 Å². The summed E-state index contributed by atoms with van der Waals surface area (Å²) in [5.41, 5.74) is 0.790. The molecule has 1 aromatic carbocycles. The fraction of sp³-hybridized carbons (Fsp3) is 0.680. The van der Waals surface area contributed by atoms with E-state index < -0.39 is 33.9 Å². The Morgan fingerprint density at radius 3 is 2.65 bits per heavy atom. The normalized spacial score (nSPS) is 25.0. The van der Waals surface area contributed by atoms with Crippen molar-refractivity contribution < 1.29 is 37.4 Å². The fourth-order valence-electron chi connectivity index (χ4n) is 5.47. The lowest BCUT2D eigenvalue weighted by Crippen LogP contribution is -2.45. The highest BCUT2D eigenvalue weighted by Crippen LogP contribution is 2.43. The summed E-state index contributed by atoms with van der Waals surface area (Å²) in [6.45, 7) is 5.89. The molecule has 3 heterocycles. The Morgan fingerprint density at radius 2 is 1.97 bits per heavy atom. The summed E-state index contributed by atoms with van der Waals surface area (Å²) in [4.78, 5) is 33.4. The molecule has 11 nitrogen and oxygen atoms in total. The molecule has 12 heteroatoms. The fourth-order valence-corrected chi connectivity index (χ4v) is 7.01. The van der Waals surface area contributed by atoms with E-state index >= 15 is 0 Å². The number of nitrogens with zero attached hydrogens (tertiary/aromatic N) is 3. The number of sulfonamides is 1. The molecule has 4 rings (SSSR count). The minimum absolute atomic E-state index is 0.00797. The topological polar surface area (TPSA) is 126 Å². The zero-order valence-electron chi connectivity index (χ0n) is 21.5. The van der Waals surface area contributed by atoms with Gasteiger partial charge in [-0.3, -0.25) is 19.3 Å². The number of carbonyl (C=O) groups excluding carboxylic acids is 1. The summed E-state index contributed by atoms with van der Waals surface area (Å²) in [6.07, 6.45) is 2.37. The number of likely N-dealkylation sites (tertiary alicyclic amines) is 1. The monoisotopic (exact) mass is 539 g/mol. The van der Waals surface area contributed by atoms with Gasteiger partial charge in [-0.1, -0.05) is 19.9 Å². The van der Waals surface area contributed by atoms with Crippen molar-refractivity contribution in [3.05, 3.63) is 23.8 Å². The Kier molecular flexibility index (Phi) is 8.94. The molecule has 0 spiro atoms. The van der Waals surface area contributed by atoms with Crippen molar-refractivity contribution >= 4 is 21.9 Å². The standard InChI is InChI=1S/C25H37N3O8S/c1-3-9-28(36-12-4-2)23(29)16-26-15-19(18-6-7-21-22(14-18)35-17-34-21)24(25(30)31)20(26)8-11-27-10-5-13-37(27,32)33/h6-7,14,19-20,24H,3-5,8-13,15-17H2,1-2H3,(H,30,31)/t19-,20?,24-/m1/s1. The van der Waals surface area contributed by atoms with Crippen molar-refractivity contribution in [2.75, 3.05) is 51.9 Å². The van der Waals surface area contributed by atoms with E-state index in [1.54, 1.807) is 6.07 Å². The van der Waals surface area contributed by atoms with Crippen LogP contribution in [-0.4, -0.2) is 97.6 Å². The number of fused-ring (bicyclic) bond motifs is 1. The third-order valence-corrected chi connectivity index (χ3v) is 9.19. The largest absolute Gasteiger partial charge is 0.481 e. The van der Waals surface area contributed by atoms with E-state index in [1.165, 1.54) is 9.37 Å². The number of rotatable bonds is 12. The van der Waals surface area contributed by atoms with Gasteiger partial charge in [-0.15, -0.1) is 0 Å². The number of aliphatic carboxylic acids is 1. The molecule has 0 saturated carbocycles. The summed E-state index contributed by atoms with van der Waals surface area (Å²) < 4.78 is 37.1. The number of ether oxygens (including phenoxy) is 2. The van der Waals surface area contributed by atoms with Crippen LogP contribution in [0.3, 0.4) is 0 Å². The van der Waals surface area contributed by atoms with Crippen LogP contribution in [-0.2, 0) is 24.4 Å². The zero-order chi connectivity index (χ0) is 26.6. The number of hydrogen-bond donors (Lipinski definition) is 1. The van der Waals surface area contributed by atoms with Gasteiger partial charge in [-0.2, -0.15) is 0 Å². The third kappa shape index (κ3) is 6.19. The molecule has 0 radical (unpaired) electrons. The van der Waals surface area contributed by atoms with Crippen LogP contribution in [0.2, 0.25) is 0 Å². The van der Waals surface area contributed by atoms with Gasteiger partial charge in [0.1, 0.15) is 0 Å². The molecule has 206 valence electrons. The molecule has 37 heavy (non-hydrogen) atoms. The lowest BCUT2D eigenvalue weighted by atomic mass is 9.84. The van der Waals surface area contributed by atoms with Crippen LogP contribution in [0.4, 0.5) is 0 Å². The van der Waals surface area contributed by atoms with Crippen molar-refractivity contribution in [3.8, 4) is 11.5 Å². The lowest BCUT2D eigenvalue weighted by molar-refractivity contribution is -0.188.